The van der Waals surface area contributed by atoms with Crippen LogP contribution in [0.1, 0.15) is 24.5 Å². The molecule has 0 aromatic heterocycles. The lowest BCUT2D eigenvalue weighted by Gasteiger charge is -2.43. The summed E-state index contributed by atoms with van der Waals surface area (Å²) in [5.74, 6) is 0. The summed E-state index contributed by atoms with van der Waals surface area (Å²) < 4.78 is 5.48. The number of hydrogen-bond donors (Lipinski definition) is 1. The Kier molecular flexibility index (Phi) is 3.62. The molecule has 1 aliphatic heterocycles. The highest BCUT2D eigenvalue weighted by Gasteiger charge is 2.37. The van der Waals surface area contributed by atoms with Gasteiger partial charge in [-0.15, -0.1) is 0 Å². The third-order valence-corrected chi connectivity index (χ3v) is 3.52. The van der Waals surface area contributed by atoms with E-state index in [0.717, 1.165) is 32.7 Å². The maximum atomic E-state index is 5.48. The van der Waals surface area contributed by atoms with Crippen molar-refractivity contribution in [1.82, 2.24) is 5.32 Å². The third-order valence-electron chi connectivity index (χ3n) is 3.52. The lowest BCUT2D eigenvalue weighted by molar-refractivity contribution is 0.109. The van der Waals surface area contributed by atoms with Crippen LogP contribution in [0.4, 0.5) is 0 Å². The Morgan fingerprint density at radius 3 is 2.44 bits per heavy atom. The Bertz CT molecular complexity index is 327. The summed E-state index contributed by atoms with van der Waals surface area (Å²) >= 11 is 0. The van der Waals surface area contributed by atoms with E-state index in [0.29, 0.717) is 5.41 Å². The number of aryl methyl sites for hydroxylation is 1. The lowest BCUT2D eigenvalue weighted by atomic mass is 9.73. The fraction of sp³-hybridized carbons (Fsp3) is 0.571. The summed E-state index contributed by atoms with van der Waals surface area (Å²) in [7, 11) is 0. The minimum Gasteiger partial charge on any atom is -0.382 e. The maximum Gasteiger partial charge on any atom is 0.0475 e. The van der Waals surface area contributed by atoms with Crippen LogP contribution >= 0.6 is 0 Å². The normalized spacial score (nSPS) is 18.1. The summed E-state index contributed by atoms with van der Waals surface area (Å²) in [5.41, 5.74) is 3.11. The first-order chi connectivity index (χ1) is 7.77. The van der Waals surface area contributed by atoms with Gasteiger partial charge in [-0.3, -0.25) is 0 Å². The average molecular weight is 219 g/mol. The van der Waals surface area contributed by atoms with Crippen LogP contribution in [0.3, 0.4) is 0 Å². The predicted octanol–water partition coefficient (Wildman–Crippen LogP) is 2.26. The van der Waals surface area contributed by atoms with Crippen molar-refractivity contribution in [1.29, 1.82) is 0 Å². The van der Waals surface area contributed by atoms with Crippen molar-refractivity contribution in [3.05, 3.63) is 35.4 Å². The van der Waals surface area contributed by atoms with E-state index in [1.165, 1.54) is 11.1 Å². The van der Waals surface area contributed by atoms with Gasteiger partial charge in [-0.1, -0.05) is 29.8 Å². The molecule has 2 nitrogen and oxygen atoms in total. The van der Waals surface area contributed by atoms with E-state index in [9.17, 15) is 0 Å². The number of ether oxygens (including phenoxy) is 1. The van der Waals surface area contributed by atoms with E-state index >= 15 is 0 Å². The molecule has 1 aromatic rings. The van der Waals surface area contributed by atoms with Crippen molar-refractivity contribution in [3.63, 3.8) is 0 Å². The quantitative estimate of drug-likeness (QED) is 0.767. The largest absolute Gasteiger partial charge is 0.382 e. The van der Waals surface area contributed by atoms with Gasteiger partial charge in [0.2, 0.25) is 0 Å². The van der Waals surface area contributed by atoms with Crippen LogP contribution < -0.4 is 5.32 Å². The van der Waals surface area contributed by atoms with E-state index < -0.39 is 0 Å². The van der Waals surface area contributed by atoms with E-state index in [1.54, 1.807) is 0 Å². The second-order valence-electron chi connectivity index (χ2n) is 4.70. The van der Waals surface area contributed by atoms with E-state index in [1.807, 2.05) is 0 Å². The SMILES string of the molecule is CCOCCC1(c2ccc(C)cc2)CNC1. The zero-order valence-electron chi connectivity index (χ0n) is 10.3. The molecular weight excluding hydrogens is 198 g/mol. The lowest BCUT2D eigenvalue weighted by Crippen LogP contribution is -2.57. The molecule has 2 rings (SSSR count). The van der Waals surface area contributed by atoms with Crippen LogP contribution in [-0.4, -0.2) is 26.3 Å². The number of hydrogen-bond acceptors (Lipinski definition) is 2. The molecule has 0 radical (unpaired) electrons. The monoisotopic (exact) mass is 219 g/mol. The Balaban J connectivity index is 2.05. The molecule has 2 heteroatoms. The molecule has 88 valence electrons. The summed E-state index contributed by atoms with van der Waals surface area (Å²) in [5, 5.41) is 3.39. The maximum absolute atomic E-state index is 5.48. The molecule has 1 saturated heterocycles. The molecule has 1 aromatic carbocycles. The predicted molar refractivity (Wildman–Crippen MR) is 66.8 cm³/mol. The summed E-state index contributed by atoms with van der Waals surface area (Å²) in [4.78, 5) is 0. The molecule has 0 aliphatic carbocycles. The van der Waals surface area contributed by atoms with Crippen molar-refractivity contribution in [2.24, 2.45) is 0 Å². The topological polar surface area (TPSA) is 21.3 Å². The molecule has 1 N–H and O–H groups in total. The fourth-order valence-corrected chi connectivity index (χ4v) is 2.27. The molecule has 0 spiro atoms. The minimum absolute atomic E-state index is 0.322. The third kappa shape index (κ3) is 2.28. The molecule has 0 amide bonds. The first kappa shape index (κ1) is 11.6. The zero-order valence-corrected chi connectivity index (χ0v) is 10.3. The van der Waals surface area contributed by atoms with Gasteiger partial charge in [-0.25, -0.2) is 0 Å². The first-order valence-electron chi connectivity index (χ1n) is 6.12. The summed E-state index contributed by atoms with van der Waals surface area (Å²) in [6.07, 6.45) is 1.12. The smallest absolute Gasteiger partial charge is 0.0475 e. The van der Waals surface area contributed by atoms with Crippen LogP contribution in [0.2, 0.25) is 0 Å². The molecule has 0 unspecified atom stereocenters. The summed E-state index contributed by atoms with van der Waals surface area (Å²) in [6.45, 7) is 8.04. The molecule has 16 heavy (non-hydrogen) atoms. The number of benzene rings is 1. The zero-order chi connectivity index (χ0) is 11.4. The Morgan fingerprint density at radius 1 is 1.25 bits per heavy atom. The van der Waals surface area contributed by atoms with Gasteiger partial charge in [-0.05, 0) is 25.8 Å². The molecule has 1 aliphatic rings. The molecule has 0 bridgehead atoms. The van der Waals surface area contributed by atoms with Crippen molar-refractivity contribution in [2.45, 2.75) is 25.7 Å². The fourth-order valence-electron chi connectivity index (χ4n) is 2.27. The number of nitrogens with one attached hydrogen (secondary N) is 1. The van der Waals surface area contributed by atoms with Crippen molar-refractivity contribution in [2.75, 3.05) is 26.3 Å². The van der Waals surface area contributed by atoms with Crippen LogP contribution in [0.5, 0.6) is 0 Å². The highest BCUT2D eigenvalue weighted by Crippen LogP contribution is 2.32. The first-order valence-corrected chi connectivity index (χ1v) is 6.12. The highest BCUT2D eigenvalue weighted by atomic mass is 16.5. The Morgan fingerprint density at radius 2 is 1.94 bits per heavy atom. The van der Waals surface area contributed by atoms with Crippen LogP contribution in [0.15, 0.2) is 24.3 Å². The van der Waals surface area contributed by atoms with Gasteiger partial charge >= 0.3 is 0 Å². The van der Waals surface area contributed by atoms with Crippen LogP contribution in [0, 0.1) is 6.92 Å². The van der Waals surface area contributed by atoms with Gasteiger partial charge in [0.05, 0.1) is 0 Å². The van der Waals surface area contributed by atoms with Crippen molar-refractivity contribution >= 4 is 0 Å². The van der Waals surface area contributed by atoms with Crippen molar-refractivity contribution < 1.29 is 4.74 Å². The average Bonchev–Trinajstić information content (AvgIpc) is 2.24. The molecular formula is C14H21NO. The van der Waals surface area contributed by atoms with Gasteiger partial charge in [0.1, 0.15) is 0 Å². The van der Waals surface area contributed by atoms with E-state index in [-0.39, 0.29) is 0 Å². The van der Waals surface area contributed by atoms with Crippen molar-refractivity contribution in [3.8, 4) is 0 Å². The Hall–Kier alpha value is -0.860. The minimum atomic E-state index is 0.322. The number of rotatable bonds is 5. The van der Waals surface area contributed by atoms with Gasteiger partial charge in [0.15, 0.2) is 0 Å². The Labute approximate surface area is 98.0 Å². The second kappa shape index (κ2) is 4.98. The standard InChI is InChI=1S/C14H21NO/c1-3-16-9-8-14(10-15-11-14)13-6-4-12(2)5-7-13/h4-7,15H,3,8-11H2,1-2H3. The molecule has 0 atom stereocenters. The van der Waals surface area contributed by atoms with Crippen LogP contribution in [0.25, 0.3) is 0 Å². The molecule has 1 fully saturated rings. The summed E-state index contributed by atoms with van der Waals surface area (Å²) in [6, 6.07) is 8.94. The van der Waals surface area contributed by atoms with Gasteiger partial charge < -0.3 is 10.1 Å². The molecule has 0 saturated carbocycles. The second-order valence-corrected chi connectivity index (χ2v) is 4.70. The van der Waals surface area contributed by atoms with E-state index in [4.69, 9.17) is 4.74 Å². The highest BCUT2D eigenvalue weighted by molar-refractivity contribution is 5.32. The van der Waals surface area contributed by atoms with Crippen LogP contribution in [-0.2, 0) is 10.2 Å². The van der Waals surface area contributed by atoms with Gasteiger partial charge in [-0.2, -0.15) is 0 Å². The molecule has 1 heterocycles. The van der Waals surface area contributed by atoms with Gasteiger partial charge in [0.25, 0.3) is 0 Å². The van der Waals surface area contributed by atoms with Gasteiger partial charge in [0, 0.05) is 31.7 Å². The van der Waals surface area contributed by atoms with E-state index in [2.05, 4.69) is 43.4 Å².